The first-order chi connectivity index (χ1) is 24.2. The fourth-order valence-corrected chi connectivity index (χ4v) is 6.60. The molecule has 4 aromatic rings. The number of nitrogens with zero attached hydrogens (tertiary/aromatic N) is 2. The number of alkyl halides is 2. The van der Waals surface area contributed by atoms with E-state index in [-0.39, 0.29) is 58.6 Å². The fourth-order valence-electron chi connectivity index (χ4n) is 6.00. The van der Waals surface area contributed by atoms with Crippen molar-refractivity contribution in [2.24, 2.45) is 0 Å². The highest BCUT2D eigenvalue weighted by atomic mass is 35.5. The van der Waals surface area contributed by atoms with Gasteiger partial charge in [0, 0.05) is 91.3 Å². The fraction of sp³-hybridized carbons (Fsp3) is 0.314. The molecule has 0 saturated carbocycles. The summed E-state index contributed by atoms with van der Waals surface area (Å²) in [4.78, 5) is 31.5. The number of halogens is 5. The van der Waals surface area contributed by atoms with Crippen molar-refractivity contribution in [1.82, 2.24) is 31.2 Å². The van der Waals surface area contributed by atoms with Crippen LogP contribution in [-0.2, 0) is 22.7 Å². The predicted octanol–water partition coefficient (Wildman–Crippen LogP) is 6.34. The molecular weight excluding hydrogens is 694 g/mol. The van der Waals surface area contributed by atoms with Gasteiger partial charge in [0.2, 0.25) is 11.8 Å². The van der Waals surface area contributed by atoms with Crippen LogP contribution in [0, 0.1) is 5.82 Å². The van der Waals surface area contributed by atoms with Crippen LogP contribution >= 0.6 is 23.2 Å². The number of hydrogen-bond donors (Lipinski definition) is 5. The van der Waals surface area contributed by atoms with Gasteiger partial charge in [-0.2, -0.15) is 8.78 Å². The maximum atomic E-state index is 15.5. The number of rotatable bonds is 14. The van der Waals surface area contributed by atoms with Crippen LogP contribution < -0.4 is 31.3 Å². The van der Waals surface area contributed by atoms with Crippen LogP contribution in [0.5, 0.6) is 5.75 Å². The van der Waals surface area contributed by atoms with Crippen LogP contribution in [0.2, 0.25) is 10.0 Å². The number of ether oxygens (including phenoxy) is 1. The normalized spacial score (nSPS) is 17.2. The molecule has 0 unspecified atom stereocenters. The molecule has 2 aliphatic rings. The molecular formula is C35H34Cl2F3N7O3. The molecule has 5 N–H and O–H groups in total. The number of nitrogens with one attached hydrogen (secondary N) is 5. The second-order valence-corrected chi connectivity index (χ2v) is 12.8. The van der Waals surface area contributed by atoms with Crippen LogP contribution in [-0.4, -0.2) is 53.6 Å². The van der Waals surface area contributed by atoms with E-state index in [1.165, 1.54) is 18.5 Å². The molecule has 2 fully saturated rings. The Hall–Kier alpha value is -4.43. The number of aromatic nitrogens is 2. The Labute approximate surface area is 296 Å². The van der Waals surface area contributed by atoms with Crippen LogP contribution in [0.25, 0.3) is 22.4 Å². The number of pyridine rings is 2. The standard InChI is InChI=1S/C35H34Cl2F3N7O3/c36-30-24(2-1-3-26(30)47-34-32(38)21(10-12-44-34)16-42-18-23-7-9-29(49)46-23)25-11-13-43-33(31(25)37)19-4-5-20(27(14-19)50-35(39)40)15-41-17-22-6-8-28(48)45-22/h1-5,10-14,22-23,35,41-42H,6-9,15-18H2,(H,44,47)(H,45,48)(H,46,49)/t22-,23-/m1/s1. The van der Waals surface area contributed by atoms with Gasteiger partial charge in [-0.3, -0.25) is 14.6 Å². The molecule has 2 aromatic carbocycles. The molecule has 2 atom stereocenters. The summed E-state index contributed by atoms with van der Waals surface area (Å²) in [6, 6.07) is 13.2. The molecule has 50 heavy (non-hydrogen) atoms. The van der Waals surface area contributed by atoms with E-state index in [0.717, 1.165) is 6.42 Å². The summed E-state index contributed by atoms with van der Waals surface area (Å²) in [7, 11) is 0. The lowest BCUT2D eigenvalue weighted by Crippen LogP contribution is -2.35. The molecule has 0 radical (unpaired) electrons. The van der Waals surface area contributed by atoms with E-state index in [9.17, 15) is 18.4 Å². The van der Waals surface area contributed by atoms with Crippen LogP contribution in [0.4, 0.5) is 24.7 Å². The van der Waals surface area contributed by atoms with E-state index < -0.39 is 12.4 Å². The van der Waals surface area contributed by atoms with E-state index in [2.05, 4.69) is 36.6 Å². The molecule has 2 amide bonds. The van der Waals surface area contributed by atoms with Gasteiger partial charge in [-0.25, -0.2) is 9.37 Å². The first-order valence-electron chi connectivity index (χ1n) is 16.1. The summed E-state index contributed by atoms with van der Waals surface area (Å²) >= 11 is 13.8. The number of amides is 2. The monoisotopic (exact) mass is 727 g/mol. The van der Waals surface area contributed by atoms with Crippen LogP contribution in [0.3, 0.4) is 0 Å². The van der Waals surface area contributed by atoms with Crippen molar-refractivity contribution < 1.29 is 27.5 Å². The first kappa shape index (κ1) is 35.4. The van der Waals surface area contributed by atoms with Crippen molar-refractivity contribution in [2.75, 3.05) is 18.4 Å². The molecule has 262 valence electrons. The molecule has 6 rings (SSSR count). The van der Waals surface area contributed by atoms with Crippen molar-refractivity contribution in [3.8, 4) is 28.1 Å². The maximum absolute atomic E-state index is 15.5. The van der Waals surface area contributed by atoms with Crippen molar-refractivity contribution in [3.05, 3.63) is 87.9 Å². The number of benzene rings is 2. The van der Waals surface area contributed by atoms with Gasteiger partial charge in [-0.05, 0) is 37.1 Å². The Balaban J connectivity index is 1.19. The number of carbonyl (C=O) groups is 2. The zero-order valence-corrected chi connectivity index (χ0v) is 28.2. The highest BCUT2D eigenvalue weighted by molar-refractivity contribution is 6.39. The van der Waals surface area contributed by atoms with Crippen LogP contribution in [0.1, 0.15) is 36.8 Å². The average Bonchev–Trinajstić information content (AvgIpc) is 3.71. The summed E-state index contributed by atoms with van der Waals surface area (Å²) in [6.45, 7) is -1.58. The molecule has 10 nitrogen and oxygen atoms in total. The third-order valence-electron chi connectivity index (χ3n) is 8.54. The molecule has 0 bridgehead atoms. The molecule has 2 aliphatic heterocycles. The SMILES string of the molecule is O=C1CC[C@H](CNCc2ccc(-c3nccc(-c4cccc(Nc5nccc(CNC[C@H]6CCC(=O)N6)c5F)c4Cl)c3Cl)cc2OC(F)F)N1. The summed E-state index contributed by atoms with van der Waals surface area (Å²) in [5, 5.41) is 15.6. The topological polar surface area (TPSA) is 129 Å². The lowest BCUT2D eigenvalue weighted by atomic mass is 10.0. The third kappa shape index (κ3) is 8.47. The highest BCUT2D eigenvalue weighted by Gasteiger charge is 2.23. The zero-order chi connectivity index (χ0) is 35.2. The smallest absolute Gasteiger partial charge is 0.387 e. The van der Waals surface area contributed by atoms with E-state index in [1.807, 2.05) is 0 Å². The predicted molar refractivity (Wildman–Crippen MR) is 185 cm³/mol. The Bertz CT molecular complexity index is 1880. The minimum absolute atomic E-state index is 0.00695. The van der Waals surface area contributed by atoms with Gasteiger partial charge in [0.1, 0.15) is 5.75 Å². The number of anilines is 2. The second-order valence-electron chi connectivity index (χ2n) is 12.0. The van der Waals surface area contributed by atoms with Gasteiger partial charge in [0.15, 0.2) is 11.6 Å². The minimum Gasteiger partial charge on any atom is -0.434 e. The summed E-state index contributed by atoms with van der Waals surface area (Å²) in [5.74, 6) is -0.597. The van der Waals surface area contributed by atoms with Gasteiger partial charge in [0.25, 0.3) is 0 Å². The lowest BCUT2D eigenvalue weighted by molar-refractivity contribution is -0.120. The van der Waals surface area contributed by atoms with E-state index >= 15 is 4.39 Å². The zero-order valence-electron chi connectivity index (χ0n) is 26.7. The lowest BCUT2D eigenvalue weighted by Gasteiger charge is -2.17. The summed E-state index contributed by atoms with van der Waals surface area (Å²) in [6.07, 6.45) is 5.41. The van der Waals surface area contributed by atoms with E-state index in [0.29, 0.717) is 71.6 Å². The van der Waals surface area contributed by atoms with Gasteiger partial charge >= 0.3 is 6.61 Å². The first-order valence-corrected chi connectivity index (χ1v) is 16.8. The second kappa shape index (κ2) is 16.1. The van der Waals surface area contributed by atoms with Gasteiger partial charge < -0.3 is 31.3 Å². The molecule has 15 heteroatoms. The molecule has 2 aromatic heterocycles. The van der Waals surface area contributed by atoms with Crippen molar-refractivity contribution in [2.45, 2.75) is 57.5 Å². The van der Waals surface area contributed by atoms with Gasteiger partial charge in [-0.1, -0.05) is 47.5 Å². The Morgan fingerprint density at radius 3 is 2.16 bits per heavy atom. The van der Waals surface area contributed by atoms with E-state index in [1.54, 1.807) is 42.5 Å². The highest BCUT2D eigenvalue weighted by Crippen LogP contribution is 2.42. The molecule has 0 aliphatic carbocycles. The third-order valence-corrected chi connectivity index (χ3v) is 9.33. The van der Waals surface area contributed by atoms with E-state index in [4.69, 9.17) is 27.9 Å². The molecule has 0 spiro atoms. The number of hydrogen-bond acceptors (Lipinski definition) is 8. The largest absolute Gasteiger partial charge is 0.434 e. The minimum atomic E-state index is -3.06. The van der Waals surface area contributed by atoms with Gasteiger partial charge in [-0.15, -0.1) is 0 Å². The van der Waals surface area contributed by atoms with Crippen molar-refractivity contribution in [3.63, 3.8) is 0 Å². The molecule has 4 heterocycles. The molecule has 2 saturated heterocycles. The van der Waals surface area contributed by atoms with Crippen molar-refractivity contribution in [1.29, 1.82) is 0 Å². The Kier molecular flexibility index (Phi) is 11.4. The van der Waals surface area contributed by atoms with Crippen LogP contribution in [0.15, 0.2) is 60.9 Å². The maximum Gasteiger partial charge on any atom is 0.387 e. The summed E-state index contributed by atoms with van der Waals surface area (Å²) in [5.41, 5.74) is 3.05. The number of carbonyl (C=O) groups excluding carboxylic acids is 2. The van der Waals surface area contributed by atoms with Gasteiger partial charge in [0.05, 0.1) is 21.4 Å². The Morgan fingerprint density at radius 2 is 1.50 bits per heavy atom. The van der Waals surface area contributed by atoms with Crippen molar-refractivity contribution >= 4 is 46.5 Å². The Morgan fingerprint density at radius 1 is 0.840 bits per heavy atom. The average molecular weight is 729 g/mol. The summed E-state index contributed by atoms with van der Waals surface area (Å²) < 4.78 is 47.2. The quantitative estimate of drug-likeness (QED) is 0.102.